The van der Waals surface area contributed by atoms with Gasteiger partial charge in [0.1, 0.15) is 5.82 Å². The summed E-state index contributed by atoms with van der Waals surface area (Å²) >= 11 is 0. The highest BCUT2D eigenvalue weighted by Gasteiger charge is 2.21. The van der Waals surface area contributed by atoms with Crippen molar-refractivity contribution in [2.75, 3.05) is 30.4 Å². The average Bonchev–Trinajstić information content (AvgIpc) is 2.94. The highest BCUT2D eigenvalue weighted by molar-refractivity contribution is 5.87. The van der Waals surface area contributed by atoms with E-state index in [2.05, 4.69) is 44.2 Å². The van der Waals surface area contributed by atoms with Gasteiger partial charge in [-0.15, -0.1) is 0 Å². The Kier molecular flexibility index (Phi) is 4.73. The van der Waals surface area contributed by atoms with E-state index in [0.29, 0.717) is 24.2 Å². The minimum Gasteiger partial charge on any atom is -0.395 e. The van der Waals surface area contributed by atoms with Crippen molar-refractivity contribution in [3.63, 3.8) is 0 Å². The van der Waals surface area contributed by atoms with Gasteiger partial charge in [-0.2, -0.15) is 15.1 Å². The summed E-state index contributed by atoms with van der Waals surface area (Å²) in [6.07, 6.45) is 3.72. The molecule has 0 fully saturated rings. The number of anilines is 2. The molecule has 0 unspecified atom stereocenters. The van der Waals surface area contributed by atoms with Gasteiger partial charge in [0.15, 0.2) is 5.65 Å². The van der Waals surface area contributed by atoms with Crippen LogP contribution < -0.4 is 10.2 Å². The summed E-state index contributed by atoms with van der Waals surface area (Å²) < 4.78 is 0. The number of hydrogen-bond acceptors (Lipinski definition) is 6. The summed E-state index contributed by atoms with van der Waals surface area (Å²) in [4.78, 5) is 11.0. The Bertz CT molecular complexity index is 551. The minimum absolute atomic E-state index is 0.0920. The van der Waals surface area contributed by atoms with Gasteiger partial charge in [-0.1, -0.05) is 13.8 Å². The van der Waals surface area contributed by atoms with E-state index in [1.165, 1.54) is 0 Å². The second kappa shape index (κ2) is 6.51. The lowest BCUT2D eigenvalue weighted by atomic mass is 10.1. The molecule has 2 aromatic heterocycles. The summed E-state index contributed by atoms with van der Waals surface area (Å²) in [7, 11) is 1.79. The largest absolute Gasteiger partial charge is 0.395 e. The normalized spacial score (nSPS) is 11.2. The van der Waals surface area contributed by atoms with Crippen LogP contribution in [0.1, 0.15) is 26.7 Å². The van der Waals surface area contributed by atoms with Gasteiger partial charge in [0.2, 0.25) is 5.95 Å². The van der Waals surface area contributed by atoms with Crippen molar-refractivity contribution < 1.29 is 5.11 Å². The number of fused-ring (bicyclic) bond motifs is 1. The van der Waals surface area contributed by atoms with Crippen LogP contribution in [0.3, 0.4) is 0 Å². The van der Waals surface area contributed by atoms with E-state index < -0.39 is 0 Å². The average molecular weight is 278 g/mol. The number of aliphatic hydroxyl groups is 1. The molecule has 110 valence electrons. The van der Waals surface area contributed by atoms with Gasteiger partial charge in [0, 0.05) is 19.6 Å². The van der Waals surface area contributed by atoms with E-state index in [-0.39, 0.29) is 6.61 Å². The molecule has 0 aliphatic heterocycles. The fraction of sp³-hybridized carbons (Fsp3) is 0.615. The van der Waals surface area contributed by atoms with Crippen LogP contribution in [-0.2, 0) is 0 Å². The number of rotatable bonds is 7. The smallest absolute Gasteiger partial charge is 0.226 e. The SMILES string of the molecule is CCC(CC)N(CCO)c1nc(NC)nc2[nH]ncc12. The molecule has 2 rings (SSSR count). The Morgan fingerprint density at radius 3 is 2.70 bits per heavy atom. The zero-order chi connectivity index (χ0) is 14.5. The summed E-state index contributed by atoms with van der Waals surface area (Å²) in [5.74, 6) is 1.36. The second-order valence-electron chi connectivity index (χ2n) is 4.64. The third-order valence-corrected chi connectivity index (χ3v) is 3.51. The van der Waals surface area contributed by atoms with Crippen LogP contribution >= 0.6 is 0 Å². The molecule has 0 spiro atoms. The molecule has 0 bridgehead atoms. The maximum absolute atomic E-state index is 9.36. The standard InChI is InChI=1S/C13H22N6O/c1-4-9(5-2)19(6-7-20)12-10-8-15-18-11(10)16-13(14-3)17-12/h8-9,20H,4-7H2,1-3H3,(H2,14,15,16,17,18). The lowest BCUT2D eigenvalue weighted by Gasteiger charge is -2.31. The van der Waals surface area contributed by atoms with E-state index in [1.807, 2.05) is 0 Å². The highest BCUT2D eigenvalue weighted by atomic mass is 16.3. The van der Waals surface area contributed by atoms with E-state index in [4.69, 9.17) is 0 Å². The molecule has 0 saturated heterocycles. The fourth-order valence-electron chi connectivity index (χ4n) is 2.45. The molecule has 0 atom stereocenters. The predicted octanol–water partition coefficient (Wildman–Crippen LogP) is 1.38. The van der Waals surface area contributed by atoms with Crippen LogP contribution in [0.4, 0.5) is 11.8 Å². The second-order valence-corrected chi connectivity index (χ2v) is 4.64. The van der Waals surface area contributed by atoms with Crippen LogP contribution in [0.15, 0.2) is 6.20 Å². The quantitative estimate of drug-likeness (QED) is 0.709. The molecule has 3 N–H and O–H groups in total. The molecule has 0 saturated carbocycles. The molecular weight excluding hydrogens is 256 g/mol. The van der Waals surface area contributed by atoms with Crippen molar-refractivity contribution in [1.82, 2.24) is 20.2 Å². The summed E-state index contributed by atoms with van der Waals surface area (Å²) in [6.45, 7) is 4.93. The highest BCUT2D eigenvalue weighted by Crippen LogP contribution is 2.26. The maximum Gasteiger partial charge on any atom is 0.226 e. The van der Waals surface area contributed by atoms with Crippen molar-refractivity contribution in [3.05, 3.63) is 6.20 Å². The molecule has 20 heavy (non-hydrogen) atoms. The summed E-state index contributed by atoms with van der Waals surface area (Å²) in [5.41, 5.74) is 0.702. The molecule has 0 amide bonds. The Morgan fingerprint density at radius 1 is 1.35 bits per heavy atom. The maximum atomic E-state index is 9.36. The Balaban J connectivity index is 2.53. The van der Waals surface area contributed by atoms with E-state index in [0.717, 1.165) is 24.0 Å². The topological polar surface area (TPSA) is 90.0 Å². The van der Waals surface area contributed by atoms with Crippen molar-refractivity contribution >= 4 is 22.8 Å². The third-order valence-electron chi connectivity index (χ3n) is 3.51. The minimum atomic E-state index is 0.0920. The lowest BCUT2D eigenvalue weighted by Crippen LogP contribution is -2.37. The lowest BCUT2D eigenvalue weighted by molar-refractivity contribution is 0.295. The van der Waals surface area contributed by atoms with E-state index in [9.17, 15) is 5.11 Å². The first kappa shape index (κ1) is 14.5. The number of hydrogen-bond donors (Lipinski definition) is 3. The monoisotopic (exact) mass is 278 g/mol. The van der Waals surface area contributed by atoms with Crippen LogP contribution in [0, 0.1) is 0 Å². The van der Waals surface area contributed by atoms with Crippen molar-refractivity contribution in [1.29, 1.82) is 0 Å². The molecular formula is C13H22N6O. The Labute approximate surface area is 118 Å². The third kappa shape index (κ3) is 2.67. The molecule has 7 heteroatoms. The number of aromatic amines is 1. The number of nitrogens with one attached hydrogen (secondary N) is 2. The summed E-state index contributed by atoms with van der Waals surface area (Å²) in [5, 5.41) is 20.1. The zero-order valence-electron chi connectivity index (χ0n) is 12.2. The van der Waals surface area contributed by atoms with Gasteiger partial charge >= 0.3 is 0 Å². The molecule has 0 aliphatic carbocycles. The van der Waals surface area contributed by atoms with Crippen LogP contribution in [0.2, 0.25) is 0 Å². The Morgan fingerprint density at radius 2 is 2.10 bits per heavy atom. The number of aliphatic hydroxyl groups excluding tert-OH is 1. The first-order valence-corrected chi connectivity index (χ1v) is 7.01. The molecule has 0 aliphatic rings. The van der Waals surface area contributed by atoms with Gasteiger partial charge in [0.05, 0.1) is 18.2 Å². The molecule has 2 heterocycles. The van der Waals surface area contributed by atoms with Gasteiger partial charge in [-0.3, -0.25) is 5.10 Å². The van der Waals surface area contributed by atoms with Gasteiger partial charge in [-0.25, -0.2) is 0 Å². The van der Waals surface area contributed by atoms with Gasteiger partial charge < -0.3 is 15.3 Å². The molecule has 0 radical (unpaired) electrons. The van der Waals surface area contributed by atoms with Crippen molar-refractivity contribution in [2.45, 2.75) is 32.7 Å². The fourth-order valence-corrected chi connectivity index (χ4v) is 2.45. The number of nitrogens with zero attached hydrogens (tertiary/aromatic N) is 4. The number of aromatic nitrogens is 4. The van der Waals surface area contributed by atoms with E-state index in [1.54, 1.807) is 13.2 Å². The van der Waals surface area contributed by atoms with Gasteiger partial charge in [-0.05, 0) is 12.8 Å². The van der Waals surface area contributed by atoms with E-state index >= 15 is 0 Å². The first-order valence-electron chi connectivity index (χ1n) is 7.01. The van der Waals surface area contributed by atoms with Gasteiger partial charge in [0.25, 0.3) is 0 Å². The van der Waals surface area contributed by atoms with Crippen LogP contribution in [-0.4, -0.2) is 51.5 Å². The van der Waals surface area contributed by atoms with Crippen molar-refractivity contribution in [2.24, 2.45) is 0 Å². The summed E-state index contributed by atoms with van der Waals surface area (Å²) in [6, 6.07) is 0.333. The van der Waals surface area contributed by atoms with Crippen molar-refractivity contribution in [3.8, 4) is 0 Å². The van der Waals surface area contributed by atoms with Crippen LogP contribution in [0.5, 0.6) is 0 Å². The number of H-pyrrole nitrogens is 1. The molecule has 7 nitrogen and oxygen atoms in total. The molecule has 0 aromatic carbocycles. The van der Waals surface area contributed by atoms with Crippen LogP contribution in [0.25, 0.3) is 11.0 Å². The zero-order valence-corrected chi connectivity index (χ0v) is 12.2. The molecule has 2 aromatic rings. The first-order chi connectivity index (χ1) is 9.74. The predicted molar refractivity (Wildman–Crippen MR) is 80.0 cm³/mol. The Hall–Kier alpha value is -1.89.